The van der Waals surface area contributed by atoms with Crippen molar-refractivity contribution in [1.29, 1.82) is 0 Å². The number of amides is 1. The van der Waals surface area contributed by atoms with E-state index in [9.17, 15) is 22.8 Å². The van der Waals surface area contributed by atoms with Gasteiger partial charge >= 0.3 is 0 Å². The Morgan fingerprint density at radius 1 is 1.10 bits per heavy atom. The molecule has 0 saturated carbocycles. The Balaban J connectivity index is 2.06. The van der Waals surface area contributed by atoms with Crippen molar-refractivity contribution in [3.63, 3.8) is 0 Å². The summed E-state index contributed by atoms with van der Waals surface area (Å²) in [5.41, 5.74) is 1.74. The van der Waals surface area contributed by atoms with Crippen LogP contribution in [-0.4, -0.2) is 37.0 Å². The van der Waals surface area contributed by atoms with Gasteiger partial charge in [0, 0.05) is 12.7 Å². The van der Waals surface area contributed by atoms with Crippen LogP contribution in [0.15, 0.2) is 53.5 Å². The quantitative estimate of drug-likeness (QED) is 0.168. The number of carbonyl (C=O) groups excluding carboxylic acids is 2. The molecule has 2 aromatic heterocycles. The van der Waals surface area contributed by atoms with Gasteiger partial charge in [-0.25, -0.2) is 8.42 Å². The Hall–Kier alpha value is -4.40. The number of nitrogens with one attached hydrogen (secondary N) is 2. The molecule has 4 rings (SSSR count). The molecule has 0 spiro atoms. The molecule has 0 aliphatic rings. The van der Waals surface area contributed by atoms with E-state index in [1.807, 2.05) is 38.0 Å². The summed E-state index contributed by atoms with van der Waals surface area (Å²) in [7, 11) is -3.63. The van der Waals surface area contributed by atoms with Crippen LogP contribution in [0.4, 0.5) is 5.69 Å². The number of Topliss-reactive ketones (excluding diaryl/α,β-unsaturated/α-hetero) is 1. The molecule has 0 bridgehead atoms. The highest BCUT2D eigenvalue weighted by atomic mass is 32.2. The number of sulfonamides is 1. The Bertz CT molecular complexity index is 1840. The van der Waals surface area contributed by atoms with Gasteiger partial charge in [-0.2, -0.15) is 0 Å². The summed E-state index contributed by atoms with van der Waals surface area (Å²) in [6.45, 7) is 7.45. The zero-order chi connectivity index (χ0) is 29.2. The molecule has 9 nitrogen and oxygen atoms in total. The van der Waals surface area contributed by atoms with Gasteiger partial charge in [0.25, 0.3) is 5.91 Å². The van der Waals surface area contributed by atoms with Crippen molar-refractivity contribution in [2.45, 2.75) is 27.7 Å². The molecule has 2 aromatic carbocycles. The lowest BCUT2D eigenvalue weighted by Crippen LogP contribution is -2.21. The molecular formula is C29H27N3O6S2. The molecule has 2 N–H and O–H groups in total. The molecule has 0 unspecified atom stereocenters. The largest absolute Gasteiger partial charge is 0.455 e. The number of ketones is 1. The molecule has 0 atom stereocenters. The van der Waals surface area contributed by atoms with Crippen molar-refractivity contribution in [2.75, 3.05) is 17.0 Å². The van der Waals surface area contributed by atoms with Gasteiger partial charge in [-0.05, 0) is 69.0 Å². The van der Waals surface area contributed by atoms with Crippen LogP contribution in [0.1, 0.15) is 45.0 Å². The SMILES string of the molecule is C#CC(=O)c1cn(-c2cc(NS(=O)(=O)CC)ccc2Oc2c(C)cccc2C)c2cc(C(=O)NCC)sc2c1=O. The summed E-state index contributed by atoms with van der Waals surface area (Å²) >= 11 is 0.937. The fraction of sp³-hybridized carbons (Fsp3) is 0.207. The number of nitrogens with zero attached hydrogens (tertiary/aromatic N) is 1. The zero-order valence-electron chi connectivity index (χ0n) is 22.3. The highest BCUT2D eigenvalue weighted by Crippen LogP contribution is 2.37. The molecule has 4 aromatic rings. The van der Waals surface area contributed by atoms with Crippen molar-refractivity contribution in [2.24, 2.45) is 0 Å². The third-order valence-electron chi connectivity index (χ3n) is 6.11. The van der Waals surface area contributed by atoms with Gasteiger partial charge < -0.3 is 14.6 Å². The van der Waals surface area contributed by atoms with E-state index in [0.717, 1.165) is 22.5 Å². The summed E-state index contributed by atoms with van der Waals surface area (Å²) in [6, 6.07) is 11.9. The third kappa shape index (κ3) is 5.64. The highest BCUT2D eigenvalue weighted by Gasteiger charge is 2.22. The number of fused-ring (bicyclic) bond motifs is 1. The number of pyridine rings is 1. The van der Waals surface area contributed by atoms with Crippen molar-refractivity contribution in [3.05, 3.63) is 80.5 Å². The normalized spacial score (nSPS) is 11.2. The van der Waals surface area contributed by atoms with Crippen molar-refractivity contribution in [1.82, 2.24) is 9.88 Å². The number of para-hydroxylation sites is 1. The lowest BCUT2D eigenvalue weighted by atomic mass is 10.1. The van der Waals surface area contributed by atoms with Crippen LogP contribution >= 0.6 is 11.3 Å². The second-order valence-corrected chi connectivity index (χ2v) is 12.0. The van der Waals surface area contributed by atoms with E-state index in [2.05, 4.69) is 10.0 Å². The predicted octanol–water partition coefficient (Wildman–Crippen LogP) is 4.79. The Morgan fingerprint density at radius 2 is 1.80 bits per heavy atom. The van der Waals surface area contributed by atoms with E-state index in [0.29, 0.717) is 29.2 Å². The van der Waals surface area contributed by atoms with Crippen LogP contribution in [0.3, 0.4) is 0 Å². The summed E-state index contributed by atoms with van der Waals surface area (Å²) in [5, 5.41) is 2.71. The van der Waals surface area contributed by atoms with Crippen LogP contribution in [0, 0.1) is 26.2 Å². The van der Waals surface area contributed by atoms with Gasteiger partial charge in [-0.15, -0.1) is 17.8 Å². The lowest BCUT2D eigenvalue weighted by Gasteiger charge is -2.19. The number of aryl methyl sites for hydroxylation is 2. The minimum absolute atomic E-state index is 0.139. The first-order chi connectivity index (χ1) is 19.0. The van der Waals surface area contributed by atoms with Crippen molar-refractivity contribution >= 4 is 49.0 Å². The maximum atomic E-state index is 13.3. The second kappa shape index (κ2) is 11.4. The van der Waals surface area contributed by atoms with Gasteiger partial charge in [-0.1, -0.05) is 18.2 Å². The minimum Gasteiger partial charge on any atom is -0.455 e. The molecule has 0 fully saturated rings. The smallest absolute Gasteiger partial charge is 0.261 e. The van der Waals surface area contributed by atoms with Gasteiger partial charge in [0.2, 0.25) is 21.2 Å². The molecule has 0 aliphatic carbocycles. The van der Waals surface area contributed by atoms with E-state index in [4.69, 9.17) is 11.2 Å². The molecule has 206 valence electrons. The van der Waals surface area contributed by atoms with Crippen LogP contribution in [0.5, 0.6) is 11.5 Å². The number of thiophene rings is 1. The summed E-state index contributed by atoms with van der Waals surface area (Å²) in [5.74, 6) is 1.54. The summed E-state index contributed by atoms with van der Waals surface area (Å²) in [6.07, 6.45) is 6.66. The maximum Gasteiger partial charge on any atom is 0.261 e. The molecule has 2 heterocycles. The Kier molecular flexibility index (Phi) is 8.13. The number of anilines is 1. The van der Waals surface area contributed by atoms with E-state index in [1.165, 1.54) is 23.8 Å². The number of benzene rings is 2. The first-order valence-corrected chi connectivity index (χ1v) is 14.8. The number of terminal acetylenes is 1. The fourth-order valence-electron chi connectivity index (χ4n) is 4.08. The maximum absolute atomic E-state index is 13.3. The third-order valence-corrected chi connectivity index (χ3v) is 8.54. The number of carbonyl (C=O) groups is 2. The molecule has 0 aliphatic heterocycles. The monoisotopic (exact) mass is 577 g/mol. The van der Waals surface area contributed by atoms with E-state index in [-0.39, 0.29) is 32.5 Å². The first-order valence-electron chi connectivity index (χ1n) is 12.4. The zero-order valence-corrected chi connectivity index (χ0v) is 24.0. The molecule has 40 heavy (non-hydrogen) atoms. The fourth-order valence-corrected chi connectivity index (χ4v) is 5.73. The molecule has 0 saturated heterocycles. The Morgan fingerprint density at radius 3 is 2.42 bits per heavy atom. The van der Waals surface area contributed by atoms with Crippen LogP contribution in [-0.2, 0) is 10.0 Å². The van der Waals surface area contributed by atoms with Gasteiger partial charge in [0.1, 0.15) is 10.4 Å². The number of rotatable bonds is 9. The van der Waals surface area contributed by atoms with Gasteiger partial charge in [0.05, 0.1) is 33.1 Å². The van der Waals surface area contributed by atoms with Crippen molar-refractivity contribution in [3.8, 4) is 29.5 Å². The van der Waals surface area contributed by atoms with Gasteiger partial charge in [-0.3, -0.25) is 19.1 Å². The average Bonchev–Trinajstić information content (AvgIpc) is 3.38. The van der Waals surface area contributed by atoms with Crippen molar-refractivity contribution < 1.29 is 22.7 Å². The standard InChI is InChI=1S/C29H27N3O6S2/c1-6-23(33)20-16-32(22-15-25(29(35)30-7-2)39-28(22)26(20)34)21-14-19(31-40(36,37)8-3)12-13-24(21)38-27-17(4)10-9-11-18(27)5/h1,9-16,31H,7-8H2,2-5H3,(H,30,35). The summed E-state index contributed by atoms with van der Waals surface area (Å²) < 4.78 is 35.3. The molecular weight excluding hydrogens is 550 g/mol. The van der Waals surface area contributed by atoms with Crippen LogP contribution in [0.2, 0.25) is 0 Å². The highest BCUT2D eigenvalue weighted by molar-refractivity contribution is 7.92. The number of aromatic nitrogens is 1. The number of hydrogen-bond donors (Lipinski definition) is 2. The number of hydrogen-bond acceptors (Lipinski definition) is 7. The molecule has 0 radical (unpaired) electrons. The van der Waals surface area contributed by atoms with Crippen LogP contribution in [0.25, 0.3) is 15.9 Å². The number of ether oxygens (including phenoxy) is 1. The minimum atomic E-state index is -3.63. The van der Waals surface area contributed by atoms with E-state index >= 15 is 0 Å². The topological polar surface area (TPSA) is 124 Å². The van der Waals surface area contributed by atoms with Gasteiger partial charge in [0.15, 0.2) is 5.75 Å². The summed E-state index contributed by atoms with van der Waals surface area (Å²) in [4.78, 5) is 38.8. The lowest BCUT2D eigenvalue weighted by molar-refractivity contribution is 0.0959. The average molecular weight is 578 g/mol. The predicted molar refractivity (Wildman–Crippen MR) is 158 cm³/mol. The molecule has 1 amide bonds. The second-order valence-electron chi connectivity index (χ2n) is 8.91. The Labute approximate surface area is 235 Å². The van der Waals surface area contributed by atoms with E-state index in [1.54, 1.807) is 25.1 Å². The molecule has 11 heteroatoms. The first kappa shape index (κ1) is 28.6. The van der Waals surface area contributed by atoms with Crippen LogP contribution < -0.4 is 20.2 Å². The van der Waals surface area contributed by atoms with E-state index < -0.39 is 21.2 Å².